The van der Waals surface area contributed by atoms with E-state index < -0.39 is 16.1 Å². The van der Waals surface area contributed by atoms with Crippen LogP contribution in [0.25, 0.3) is 6.08 Å². The molecule has 1 aliphatic rings. The molecule has 36 heavy (non-hydrogen) atoms. The van der Waals surface area contributed by atoms with Crippen LogP contribution in [0, 0.1) is 15.9 Å². The Kier molecular flexibility index (Phi) is 7.70. The number of amides is 2. The highest BCUT2D eigenvalue weighted by molar-refractivity contribution is 9.10. The van der Waals surface area contributed by atoms with Crippen molar-refractivity contribution in [2.24, 2.45) is 0 Å². The molecule has 0 unspecified atom stereocenters. The Hall–Kier alpha value is -3.70. The van der Waals surface area contributed by atoms with Gasteiger partial charge in [-0.25, -0.2) is 4.39 Å². The summed E-state index contributed by atoms with van der Waals surface area (Å²) in [6.07, 6.45) is 1.58. The van der Waals surface area contributed by atoms with E-state index in [0.717, 1.165) is 22.2 Å². The highest BCUT2D eigenvalue weighted by Crippen LogP contribution is 2.39. The van der Waals surface area contributed by atoms with Gasteiger partial charge < -0.3 is 9.47 Å². The summed E-state index contributed by atoms with van der Waals surface area (Å²) >= 11 is 4.27. The highest BCUT2D eigenvalue weighted by atomic mass is 79.9. The molecule has 1 fully saturated rings. The second-order valence-electron chi connectivity index (χ2n) is 7.64. The van der Waals surface area contributed by atoms with Gasteiger partial charge in [-0.1, -0.05) is 24.3 Å². The molecule has 3 aromatic rings. The number of hydrogen-bond donors (Lipinski definition) is 0. The van der Waals surface area contributed by atoms with Gasteiger partial charge in [-0.15, -0.1) is 0 Å². The molecule has 0 saturated carbocycles. The van der Waals surface area contributed by atoms with Crippen molar-refractivity contribution in [2.75, 3.05) is 7.11 Å². The zero-order chi connectivity index (χ0) is 25.8. The molecule has 1 heterocycles. The number of rotatable bonds is 8. The third kappa shape index (κ3) is 5.74. The Morgan fingerprint density at radius 3 is 2.39 bits per heavy atom. The number of nitro groups is 1. The first kappa shape index (κ1) is 25.4. The van der Waals surface area contributed by atoms with Crippen molar-refractivity contribution < 1.29 is 28.4 Å². The molecule has 0 aromatic heterocycles. The van der Waals surface area contributed by atoms with Gasteiger partial charge in [0.1, 0.15) is 12.4 Å². The predicted molar refractivity (Wildman–Crippen MR) is 136 cm³/mol. The van der Waals surface area contributed by atoms with Crippen LogP contribution in [0.4, 0.5) is 14.9 Å². The number of carbonyl (C=O) groups excluding carboxylic acids is 2. The van der Waals surface area contributed by atoms with E-state index >= 15 is 0 Å². The van der Waals surface area contributed by atoms with E-state index in [2.05, 4.69) is 15.9 Å². The fourth-order valence-electron chi connectivity index (χ4n) is 3.39. The fraction of sp³-hybridized carbons (Fsp3) is 0.120. The molecule has 2 amide bonds. The van der Waals surface area contributed by atoms with Gasteiger partial charge in [0.05, 0.1) is 28.0 Å². The summed E-state index contributed by atoms with van der Waals surface area (Å²) in [5.74, 6) is 0.0437. The molecule has 0 bridgehead atoms. The number of nitrogens with zero attached hydrogens (tertiary/aromatic N) is 2. The maximum Gasteiger partial charge on any atom is 0.293 e. The van der Waals surface area contributed by atoms with E-state index in [4.69, 9.17) is 9.47 Å². The van der Waals surface area contributed by atoms with Crippen molar-refractivity contribution in [3.05, 3.63) is 103 Å². The lowest BCUT2D eigenvalue weighted by molar-refractivity contribution is -0.384. The van der Waals surface area contributed by atoms with Gasteiger partial charge in [-0.05, 0) is 74.7 Å². The van der Waals surface area contributed by atoms with Crippen molar-refractivity contribution in [2.45, 2.75) is 13.2 Å². The smallest absolute Gasteiger partial charge is 0.293 e. The van der Waals surface area contributed by atoms with E-state index in [1.807, 2.05) is 0 Å². The van der Waals surface area contributed by atoms with Crippen molar-refractivity contribution in [3.8, 4) is 11.5 Å². The van der Waals surface area contributed by atoms with Crippen LogP contribution in [-0.2, 0) is 17.9 Å². The van der Waals surface area contributed by atoms with E-state index in [1.54, 1.807) is 30.3 Å². The summed E-state index contributed by atoms with van der Waals surface area (Å²) in [5, 5.41) is 10.4. The Morgan fingerprint density at radius 1 is 1.08 bits per heavy atom. The van der Waals surface area contributed by atoms with Gasteiger partial charge in [0.2, 0.25) is 0 Å². The monoisotopic (exact) mass is 572 g/mol. The molecule has 3 aromatic carbocycles. The molecule has 184 valence electrons. The molecule has 0 N–H and O–H groups in total. The minimum atomic E-state index is -0.516. The topological polar surface area (TPSA) is 99.0 Å². The van der Waals surface area contributed by atoms with Crippen molar-refractivity contribution in [1.29, 1.82) is 0 Å². The average molecular weight is 573 g/mol. The first-order valence-electron chi connectivity index (χ1n) is 10.5. The number of thioether (sulfide) groups is 1. The maximum atomic E-state index is 13.1. The molecule has 1 aliphatic heterocycles. The molecule has 0 atom stereocenters. The van der Waals surface area contributed by atoms with Gasteiger partial charge in [0, 0.05) is 12.1 Å². The lowest BCUT2D eigenvalue weighted by atomic mass is 10.1. The van der Waals surface area contributed by atoms with Gasteiger partial charge >= 0.3 is 0 Å². The number of nitro benzene ring substituents is 1. The van der Waals surface area contributed by atoms with Gasteiger partial charge in [-0.3, -0.25) is 24.6 Å². The van der Waals surface area contributed by atoms with Crippen LogP contribution in [0.3, 0.4) is 0 Å². The first-order chi connectivity index (χ1) is 17.2. The fourth-order valence-corrected chi connectivity index (χ4v) is 4.81. The van der Waals surface area contributed by atoms with Gasteiger partial charge in [-0.2, -0.15) is 0 Å². The summed E-state index contributed by atoms with van der Waals surface area (Å²) in [7, 11) is 1.48. The van der Waals surface area contributed by atoms with Crippen molar-refractivity contribution >= 4 is 50.6 Å². The van der Waals surface area contributed by atoms with Crippen molar-refractivity contribution in [1.82, 2.24) is 4.90 Å². The average Bonchev–Trinajstić information content (AvgIpc) is 3.11. The maximum absolute atomic E-state index is 13.1. The second-order valence-corrected chi connectivity index (χ2v) is 9.49. The Balaban J connectivity index is 1.50. The normalized spacial score (nSPS) is 14.4. The third-order valence-corrected chi connectivity index (χ3v) is 6.70. The van der Waals surface area contributed by atoms with Gasteiger partial charge in [0.15, 0.2) is 11.5 Å². The minimum Gasteiger partial charge on any atom is -0.493 e. The van der Waals surface area contributed by atoms with Gasteiger partial charge in [0.25, 0.3) is 16.8 Å². The number of imide groups is 1. The van der Waals surface area contributed by atoms with Crippen LogP contribution >= 0.6 is 27.7 Å². The molecule has 0 radical (unpaired) electrons. The number of ether oxygens (including phenoxy) is 2. The zero-order valence-electron chi connectivity index (χ0n) is 18.8. The molecular formula is C25H18BrFN2O6S. The summed E-state index contributed by atoms with van der Waals surface area (Å²) < 4.78 is 25.0. The number of halogens is 2. The summed E-state index contributed by atoms with van der Waals surface area (Å²) in [5.41, 5.74) is 1.90. The summed E-state index contributed by atoms with van der Waals surface area (Å²) in [4.78, 5) is 37.0. The van der Waals surface area contributed by atoms with Crippen LogP contribution < -0.4 is 9.47 Å². The van der Waals surface area contributed by atoms with Crippen LogP contribution in [0.5, 0.6) is 11.5 Å². The zero-order valence-corrected chi connectivity index (χ0v) is 21.2. The third-order valence-electron chi connectivity index (χ3n) is 5.21. The van der Waals surface area contributed by atoms with E-state index in [1.165, 1.54) is 43.5 Å². The summed E-state index contributed by atoms with van der Waals surface area (Å²) in [6.45, 7) is 0.194. The quantitative estimate of drug-likeness (QED) is 0.177. The predicted octanol–water partition coefficient (Wildman–Crippen LogP) is 6.32. The first-order valence-corrected chi connectivity index (χ1v) is 12.1. The number of methoxy groups -OCH3 is 1. The van der Waals surface area contributed by atoms with E-state index in [9.17, 15) is 24.1 Å². The number of hydrogen-bond acceptors (Lipinski definition) is 7. The van der Waals surface area contributed by atoms with Crippen molar-refractivity contribution in [3.63, 3.8) is 0 Å². The van der Waals surface area contributed by atoms with E-state index in [0.29, 0.717) is 27.1 Å². The largest absolute Gasteiger partial charge is 0.493 e. The standard InChI is InChI=1S/C25H18BrFN2O6S/c1-34-21-11-17(10-20(26)23(21)35-14-16-2-6-18(27)7-3-16)12-22-24(30)28(25(31)36-22)13-15-4-8-19(9-5-15)29(32)33/h2-12H,13-14H2,1H3/b22-12-. The molecule has 4 rings (SSSR count). The Morgan fingerprint density at radius 2 is 1.75 bits per heavy atom. The number of benzene rings is 3. The molecule has 8 nitrogen and oxygen atoms in total. The van der Waals surface area contributed by atoms with E-state index in [-0.39, 0.29) is 29.6 Å². The van der Waals surface area contributed by atoms with Crippen LogP contribution in [-0.4, -0.2) is 28.1 Å². The van der Waals surface area contributed by atoms with Crippen LogP contribution in [0.1, 0.15) is 16.7 Å². The Bertz CT molecular complexity index is 1360. The Labute approximate surface area is 218 Å². The molecule has 1 saturated heterocycles. The number of non-ortho nitro benzene ring substituents is 1. The molecule has 0 aliphatic carbocycles. The summed E-state index contributed by atoms with van der Waals surface area (Å²) in [6, 6.07) is 15.0. The lowest BCUT2D eigenvalue weighted by Gasteiger charge is -2.14. The minimum absolute atomic E-state index is 0.00315. The highest BCUT2D eigenvalue weighted by Gasteiger charge is 2.35. The van der Waals surface area contributed by atoms with Crippen LogP contribution in [0.2, 0.25) is 0 Å². The molecular weight excluding hydrogens is 555 g/mol. The molecule has 0 spiro atoms. The lowest BCUT2D eigenvalue weighted by Crippen LogP contribution is -2.27. The van der Waals surface area contributed by atoms with Crippen LogP contribution in [0.15, 0.2) is 70.0 Å². The number of carbonyl (C=O) groups is 2. The SMILES string of the molecule is COc1cc(/C=C2\SC(=O)N(Cc3ccc([N+](=O)[O-])cc3)C2=O)cc(Br)c1OCc1ccc(F)cc1. The molecule has 11 heteroatoms. The second kappa shape index (κ2) is 10.9.